The summed E-state index contributed by atoms with van der Waals surface area (Å²) in [6.07, 6.45) is 2.06. The van der Waals surface area contributed by atoms with Gasteiger partial charge in [0.2, 0.25) is 5.79 Å². The topological polar surface area (TPSA) is 101 Å². The van der Waals surface area contributed by atoms with Crippen molar-refractivity contribution in [1.82, 2.24) is 0 Å². The van der Waals surface area contributed by atoms with Crippen LogP contribution in [0.15, 0.2) is 0 Å². The third-order valence-electron chi connectivity index (χ3n) is 4.68. The molecule has 1 fully saturated rings. The van der Waals surface area contributed by atoms with Gasteiger partial charge >= 0.3 is 0 Å². The van der Waals surface area contributed by atoms with E-state index in [2.05, 4.69) is 4.74 Å². The average Bonchev–Trinajstić information content (AvgIpc) is 2.37. The van der Waals surface area contributed by atoms with Gasteiger partial charge in [-0.1, -0.05) is 6.92 Å². The maximum Gasteiger partial charge on any atom is 0.295 e. The largest absolute Gasteiger partial charge is 0.435 e. The molecule has 0 aromatic heterocycles. The van der Waals surface area contributed by atoms with Gasteiger partial charge in [-0.2, -0.15) is 0 Å². The Bertz CT molecular complexity index is 405. The highest BCUT2D eigenvalue weighted by atomic mass is 16.6. The number of Topliss-reactive ketones (excluding diaryl/α,β-unsaturated/α-hetero) is 1. The summed E-state index contributed by atoms with van der Waals surface area (Å²) in [6.45, 7) is 4.73. The van der Waals surface area contributed by atoms with E-state index in [9.17, 15) is 24.6 Å². The van der Waals surface area contributed by atoms with Crippen molar-refractivity contribution in [1.29, 1.82) is 0 Å². The summed E-state index contributed by atoms with van der Waals surface area (Å²) in [5.41, 5.74) is -1.82. The molecule has 0 saturated heterocycles. The Hall–Kier alpha value is -1.27. The molecule has 1 saturated carbocycles. The molecule has 2 N–H and O–H groups in total. The summed E-state index contributed by atoms with van der Waals surface area (Å²) in [6, 6.07) is 0. The first-order chi connectivity index (χ1) is 9.69. The molecular weight excluding hydrogens is 276 g/mol. The molecule has 6 nitrogen and oxygen atoms in total. The van der Waals surface area contributed by atoms with E-state index >= 15 is 0 Å². The number of ketones is 1. The Morgan fingerprint density at radius 1 is 1.43 bits per heavy atom. The number of rotatable bonds is 7. The van der Waals surface area contributed by atoms with Gasteiger partial charge in [0.05, 0.1) is 5.92 Å². The molecule has 120 valence electrons. The molecule has 0 heterocycles. The molecule has 0 aliphatic heterocycles. The van der Waals surface area contributed by atoms with Crippen molar-refractivity contribution < 1.29 is 29.3 Å². The lowest BCUT2D eigenvalue weighted by Crippen LogP contribution is -2.60. The van der Waals surface area contributed by atoms with Crippen LogP contribution in [0.1, 0.15) is 46.5 Å². The van der Waals surface area contributed by atoms with Gasteiger partial charge in [-0.15, -0.1) is 0 Å². The van der Waals surface area contributed by atoms with Crippen LogP contribution in [0.3, 0.4) is 0 Å². The molecule has 0 spiro atoms. The summed E-state index contributed by atoms with van der Waals surface area (Å²) in [5.74, 6) is -3.29. The van der Waals surface area contributed by atoms with Crippen LogP contribution in [-0.2, 0) is 19.1 Å². The van der Waals surface area contributed by atoms with Crippen LogP contribution < -0.4 is 0 Å². The van der Waals surface area contributed by atoms with Crippen LogP contribution in [0.4, 0.5) is 0 Å². The maximum atomic E-state index is 11.6. The molecule has 5 atom stereocenters. The molecule has 0 bridgehead atoms. The van der Waals surface area contributed by atoms with Crippen LogP contribution in [0, 0.1) is 17.8 Å². The van der Waals surface area contributed by atoms with Gasteiger partial charge in [0.1, 0.15) is 11.4 Å². The van der Waals surface area contributed by atoms with Gasteiger partial charge in [0.25, 0.3) is 6.47 Å². The monoisotopic (exact) mass is 300 g/mol. The van der Waals surface area contributed by atoms with E-state index in [1.54, 1.807) is 0 Å². The van der Waals surface area contributed by atoms with E-state index in [1.165, 1.54) is 13.8 Å². The number of hydrogen-bond donors (Lipinski definition) is 2. The fraction of sp³-hybridized carbons (Fsp3) is 0.800. The predicted molar refractivity (Wildman–Crippen MR) is 74.1 cm³/mol. The third kappa shape index (κ3) is 3.68. The van der Waals surface area contributed by atoms with Crippen LogP contribution in [0.5, 0.6) is 0 Å². The summed E-state index contributed by atoms with van der Waals surface area (Å²) in [7, 11) is 0. The highest BCUT2D eigenvalue weighted by Gasteiger charge is 2.56. The standard InChI is InChI=1S/C15H24O6/c1-10-4-7-13(14(3,19)21-9-17)15(20,8-16)12(10)6-5-11(2)18/h8-10,12-13,19-20H,4-7H2,1-3H3/t10-,12?,13?,14+,15-/m1/s1. The molecule has 0 aromatic rings. The Morgan fingerprint density at radius 3 is 2.52 bits per heavy atom. The van der Waals surface area contributed by atoms with Crippen LogP contribution in [0.2, 0.25) is 0 Å². The van der Waals surface area contributed by atoms with Gasteiger partial charge in [-0.25, -0.2) is 0 Å². The van der Waals surface area contributed by atoms with Crippen molar-refractivity contribution in [2.75, 3.05) is 0 Å². The minimum Gasteiger partial charge on any atom is -0.435 e. The van der Waals surface area contributed by atoms with Crippen LogP contribution in [0.25, 0.3) is 0 Å². The lowest BCUT2D eigenvalue weighted by atomic mass is 9.61. The van der Waals surface area contributed by atoms with Gasteiger partial charge in [0, 0.05) is 13.3 Å². The molecule has 2 unspecified atom stereocenters. The minimum atomic E-state index is -1.92. The van der Waals surface area contributed by atoms with Crippen molar-refractivity contribution in [3.63, 3.8) is 0 Å². The highest BCUT2D eigenvalue weighted by Crippen LogP contribution is 2.47. The number of carbonyl (C=O) groups excluding carboxylic acids is 3. The van der Waals surface area contributed by atoms with Crippen molar-refractivity contribution in [3.05, 3.63) is 0 Å². The van der Waals surface area contributed by atoms with Crippen molar-refractivity contribution in [2.24, 2.45) is 17.8 Å². The fourth-order valence-corrected chi connectivity index (χ4v) is 3.50. The second kappa shape index (κ2) is 6.66. The summed E-state index contributed by atoms with van der Waals surface area (Å²) < 4.78 is 4.66. The molecule has 6 heteroatoms. The van der Waals surface area contributed by atoms with Gasteiger partial charge < -0.3 is 24.5 Å². The Kier molecular flexibility index (Phi) is 5.64. The van der Waals surface area contributed by atoms with E-state index in [0.717, 1.165) is 0 Å². The quantitative estimate of drug-likeness (QED) is 0.533. The van der Waals surface area contributed by atoms with Crippen molar-refractivity contribution in [2.45, 2.75) is 57.8 Å². The minimum absolute atomic E-state index is 0.0199. The van der Waals surface area contributed by atoms with Crippen molar-refractivity contribution >= 4 is 18.5 Å². The molecule has 1 aliphatic rings. The zero-order valence-electron chi connectivity index (χ0n) is 12.7. The van der Waals surface area contributed by atoms with Crippen molar-refractivity contribution in [3.8, 4) is 0 Å². The molecular formula is C15H24O6. The first-order valence-electron chi connectivity index (χ1n) is 7.21. The lowest BCUT2D eigenvalue weighted by Gasteiger charge is -2.49. The van der Waals surface area contributed by atoms with Gasteiger partial charge in [-0.3, -0.25) is 4.79 Å². The first kappa shape index (κ1) is 17.8. The second-order valence-electron chi connectivity index (χ2n) is 6.23. The fourth-order valence-electron chi connectivity index (χ4n) is 3.50. The zero-order chi connectivity index (χ0) is 16.3. The lowest BCUT2D eigenvalue weighted by molar-refractivity contribution is -0.257. The summed E-state index contributed by atoms with van der Waals surface area (Å²) in [5, 5.41) is 21.1. The van der Waals surface area contributed by atoms with E-state index in [-0.39, 0.29) is 24.6 Å². The number of carbonyl (C=O) groups is 3. The maximum absolute atomic E-state index is 11.6. The Morgan fingerprint density at radius 2 is 2.05 bits per heavy atom. The second-order valence-corrected chi connectivity index (χ2v) is 6.23. The first-order valence-corrected chi connectivity index (χ1v) is 7.21. The number of hydrogen-bond acceptors (Lipinski definition) is 6. The predicted octanol–water partition coefficient (Wildman–Crippen LogP) is 0.829. The summed E-state index contributed by atoms with van der Waals surface area (Å²) in [4.78, 5) is 33.3. The molecule has 1 aliphatic carbocycles. The number of ether oxygens (including phenoxy) is 1. The zero-order valence-corrected chi connectivity index (χ0v) is 12.7. The van der Waals surface area contributed by atoms with E-state index in [0.29, 0.717) is 25.5 Å². The smallest absolute Gasteiger partial charge is 0.295 e. The Labute approximate surface area is 124 Å². The van der Waals surface area contributed by atoms with E-state index in [1.807, 2.05) is 6.92 Å². The normalized spacial score (nSPS) is 35.6. The third-order valence-corrected chi connectivity index (χ3v) is 4.68. The average molecular weight is 300 g/mol. The van der Waals surface area contributed by atoms with Gasteiger partial charge in [0.15, 0.2) is 6.29 Å². The van der Waals surface area contributed by atoms with E-state index < -0.39 is 23.2 Å². The molecule has 0 aromatic carbocycles. The van der Waals surface area contributed by atoms with Crippen LogP contribution in [-0.4, -0.2) is 40.1 Å². The van der Waals surface area contributed by atoms with Gasteiger partial charge in [-0.05, 0) is 38.0 Å². The molecule has 1 rings (SSSR count). The molecule has 0 amide bonds. The van der Waals surface area contributed by atoms with Crippen LogP contribution >= 0.6 is 0 Å². The molecule has 21 heavy (non-hydrogen) atoms. The number of aldehydes is 1. The Balaban J connectivity index is 3.08. The van der Waals surface area contributed by atoms with E-state index in [4.69, 9.17) is 0 Å². The number of aliphatic hydroxyl groups is 2. The highest BCUT2D eigenvalue weighted by molar-refractivity contribution is 5.75. The summed E-state index contributed by atoms with van der Waals surface area (Å²) >= 11 is 0. The SMILES string of the molecule is CC(=O)CCC1[C@H](C)CCC([C@@](C)(O)OC=O)[C@@]1(O)C=O. The molecule has 0 radical (unpaired) electrons.